The Kier molecular flexibility index (Phi) is 5.95. The molecule has 1 heterocycles. The Morgan fingerprint density at radius 2 is 1.45 bits per heavy atom. The zero-order chi connectivity index (χ0) is 22.2. The van der Waals surface area contributed by atoms with E-state index in [0.29, 0.717) is 5.56 Å². The number of benzene rings is 3. The lowest BCUT2D eigenvalue weighted by Crippen LogP contribution is -2.42. The summed E-state index contributed by atoms with van der Waals surface area (Å²) < 4.78 is 42.3. The van der Waals surface area contributed by atoms with Crippen molar-refractivity contribution in [3.63, 3.8) is 0 Å². The predicted octanol–water partition coefficient (Wildman–Crippen LogP) is 7.90. The van der Waals surface area contributed by atoms with Gasteiger partial charge in [-0.3, -0.25) is 0 Å². The van der Waals surface area contributed by atoms with Gasteiger partial charge in [0.25, 0.3) is 5.60 Å². The molecule has 0 N–H and O–H groups in total. The maximum Gasteiger partial charge on any atom is 0.435 e. The second-order valence-corrected chi connectivity index (χ2v) is 8.49. The molecule has 0 amide bonds. The quantitative estimate of drug-likeness (QED) is 0.345. The van der Waals surface area contributed by atoms with Crippen LogP contribution in [0.1, 0.15) is 34.1 Å². The highest BCUT2D eigenvalue weighted by atomic mass is 35.5. The Morgan fingerprint density at radius 1 is 0.871 bits per heavy atom. The molecule has 160 valence electrons. The van der Waals surface area contributed by atoms with E-state index in [1.54, 1.807) is 24.3 Å². The van der Waals surface area contributed by atoms with Crippen LogP contribution in [0.25, 0.3) is 0 Å². The zero-order valence-electron chi connectivity index (χ0n) is 15.8. The van der Waals surface area contributed by atoms with Crippen molar-refractivity contribution in [1.29, 1.82) is 0 Å². The molecule has 2 atom stereocenters. The van der Waals surface area contributed by atoms with Gasteiger partial charge in [-0.2, -0.15) is 13.2 Å². The van der Waals surface area contributed by atoms with Gasteiger partial charge in [-0.05, 0) is 34.9 Å². The fourth-order valence-corrected chi connectivity index (χ4v) is 4.32. The number of hydrogen-bond donors (Lipinski definition) is 0. The molecule has 0 radical (unpaired) electrons. The lowest BCUT2D eigenvalue weighted by atomic mass is 9.86. The van der Waals surface area contributed by atoms with Crippen molar-refractivity contribution < 1.29 is 18.0 Å². The molecule has 3 aromatic rings. The van der Waals surface area contributed by atoms with E-state index in [0.717, 1.165) is 11.1 Å². The van der Waals surface area contributed by atoms with Crippen LogP contribution in [0.5, 0.6) is 0 Å². The fourth-order valence-electron chi connectivity index (χ4n) is 3.50. The van der Waals surface area contributed by atoms with E-state index in [4.69, 9.17) is 39.6 Å². The van der Waals surface area contributed by atoms with E-state index < -0.39 is 18.2 Å². The Morgan fingerprint density at radius 3 is 2.03 bits per heavy atom. The monoisotopic (exact) mass is 483 g/mol. The molecule has 0 saturated heterocycles. The summed E-state index contributed by atoms with van der Waals surface area (Å²) in [6, 6.07) is 20.2. The van der Waals surface area contributed by atoms with Gasteiger partial charge in [0.15, 0.2) is 0 Å². The topological polar surface area (TPSA) is 21.6 Å². The van der Waals surface area contributed by atoms with Gasteiger partial charge in [0.05, 0.1) is 11.1 Å². The van der Waals surface area contributed by atoms with Crippen molar-refractivity contribution in [2.24, 2.45) is 5.16 Å². The molecule has 0 fully saturated rings. The number of halogens is 6. The number of hydrogen-bond acceptors (Lipinski definition) is 2. The number of nitrogens with zero attached hydrogens (tertiary/aromatic N) is 1. The predicted molar refractivity (Wildman–Crippen MR) is 117 cm³/mol. The number of rotatable bonds is 4. The minimum Gasteiger partial charge on any atom is -0.374 e. The van der Waals surface area contributed by atoms with Crippen LogP contribution >= 0.6 is 34.8 Å². The Hall–Kier alpha value is -2.21. The van der Waals surface area contributed by atoms with E-state index in [1.807, 2.05) is 30.3 Å². The summed E-state index contributed by atoms with van der Waals surface area (Å²) in [6.07, 6.45) is -5.24. The standard InChI is InChI=1S/C23H15Cl3F3NO/c24-18-10-17(11-19(25)12-18)22(23(27,28)29)13-20(30-31-22)14-6-8-16(9-7-14)21(26)15-4-2-1-3-5-15/h1-12,21H,13H2. The molecule has 0 saturated carbocycles. The van der Waals surface area contributed by atoms with E-state index in [-0.39, 0.29) is 26.7 Å². The van der Waals surface area contributed by atoms with Gasteiger partial charge >= 0.3 is 6.18 Å². The molecule has 0 bridgehead atoms. The van der Waals surface area contributed by atoms with Gasteiger partial charge in [-0.1, -0.05) is 83.0 Å². The van der Waals surface area contributed by atoms with Crippen molar-refractivity contribution in [3.05, 3.63) is 105 Å². The summed E-state index contributed by atoms with van der Waals surface area (Å²) in [7, 11) is 0. The van der Waals surface area contributed by atoms with E-state index in [9.17, 15) is 13.2 Å². The average molecular weight is 485 g/mol. The van der Waals surface area contributed by atoms with Gasteiger partial charge < -0.3 is 4.84 Å². The van der Waals surface area contributed by atoms with E-state index in [2.05, 4.69) is 5.16 Å². The van der Waals surface area contributed by atoms with Crippen LogP contribution in [-0.4, -0.2) is 11.9 Å². The molecule has 0 aliphatic carbocycles. The largest absolute Gasteiger partial charge is 0.435 e. The second kappa shape index (κ2) is 8.38. The summed E-state index contributed by atoms with van der Waals surface area (Å²) >= 11 is 18.4. The third kappa shape index (κ3) is 4.27. The highest BCUT2D eigenvalue weighted by Gasteiger charge is 2.62. The Labute approximate surface area is 192 Å². The normalized spacial score (nSPS) is 19.6. The molecule has 2 unspecified atom stereocenters. The summed E-state index contributed by atoms with van der Waals surface area (Å²) in [6.45, 7) is 0. The summed E-state index contributed by atoms with van der Waals surface area (Å²) in [5.74, 6) is 0. The van der Waals surface area contributed by atoms with Gasteiger partial charge in [-0.15, -0.1) is 11.6 Å². The minimum absolute atomic E-state index is 0.0848. The SMILES string of the molecule is FC(F)(F)C1(c2cc(Cl)cc(Cl)c2)CC(c2ccc(C(Cl)c3ccccc3)cc2)=NO1. The van der Waals surface area contributed by atoms with Gasteiger partial charge in [0.1, 0.15) is 0 Å². The zero-order valence-corrected chi connectivity index (χ0v) is 18.1. The van der Waals surface area contributed by atoms with E-state index in [1.165, 1.54) is 18.2 Å². The fraction of sp³-hybridized carbons (Fsp3) is 0.174. The summed E-state index contributed by atoms with van der Waals surface area (Å²) in [5.41, 5.74) is -0.426. The van der Waals surface area contributed by atoms with Crippen LogP contribution in [0.3, 0.4) is 0 Å². The molecular formula is C23H15Cl3F3NO. The first kappa shape index (κ1) is 22.0. The highest BCUT2D eigenvalue weighted by molar-refractivity contribution is 6.34. The maximum atomic E-state index is 14.1. The van der Waals surface area contributed by atoms with Crippen LogP contribution in [0.2, 0.25) is 10.0 Å². The molecule has 3 aromatic carbocycles. The molecule has 8 heteroatoms. The van der Waals surface area contributed by atoms with Crippen molar-refractivity contribution in [1.82, 2.24) is 0 Å². The van der Waals surface area contributed by atoms with Crippen LogP contribution in [0.15, 0.2) is 78.0 Å². The molecule has 0 spiro atoms. The summed E-state index contributed by atoms with van der Waals surface area (Å²) in [4.78, 5) is 5.03. The van der Waals surface area contributed by atoms with Gasteiger partial charge in [-0.25, -0.2) is 0 Å². The Balaban J connectivity index is 1.62. The van der Waals surface area contributed by atoms with Crippen LogP contribution in [-0.2, 0) is 10.4 Å². The summed E-state index contributed by atoms with van der Waals surface area (Å²) in [5, 5.41) is 3.57. The molecule has 1 aliphatic rings. The number of oxime groups is 1. The second-order valence-electron chi connectivity index (χ2n) is 7.18. The molecule has 31 heavy (non-hydrogen) atoms. The number of alkyl halides is 4. The molecular weight excluding hydrogens is 470 g/mol. The van der Waals surface area contributed by atoms with Crippen molar-refractivity contribution in [2.45, 2.75) is 23.6 Å². The lowest BCUT2D eigenvalue weighted by molar-refractivity contribution is -0.275. The van der Waals surface area contributed by atoms with Gasteiger partial charge in [0.2, 0.25) is 0 Å². The van der Waals surface area contributed by atoms with Crippen molar-refractivity contribution >= 4 is 40.5 Å². The van der Waals surface area contributed by atoms with Crippen molar-refractivity contribution in [3.8, 4) is 0 Å². The highest BCUT2D eigenvalue weighted by Crippen LogP contribution is 2.49. The van der Waals surface area contributed by atoms with Crippen LogP contribution in [0, 0.1) is 0 Å². The Bertz CT molecular complexity index is 1100. The van der Waals surface area contributed by atoms with Gasteiger partial charge in [0, 0.05) is 22.0 Å². The van der Waals surface area contributed by atoms with Crippen LogP contribution < -0.4 is 0 Å². The molecule has 2 nitrogen and oxygen atoms in total. The van der Waals surface area contributed by atoms with Crippen molar-refractivity contribution in [2.75, 3.05) is 0 Å². The maximum absolute atomic E-state index is 14.1. The smallest absolute Gasteiger partial charge is 0.374 e. The van der Waals surface area contributed by atoms with E-state index >= 15 is 0 Å². The molecule has 1 aliphatic heterocycles. The first-order valence-corrected chi connectivity index (χ1v) is 10.5. The third-order valence-electron chi connectivity index (χ3n) is 5.14. The molecule has 4 rings (SSSR count). The minimum atomic E-state index is -4.74. The first-order valence-electron chi connectivity index (χ1n) is 9.27. The lowest BCUT2D eigenvalue weighted by Gasteiger charge is -2.29. The van der Waals surface area contributed by atoms with Crippen LogP contribution in [0.4, 0.5) is 13.2 Å². The first-order chi connectivity index (χ1) is 14.7. The average Bonchev–Trinajstić information content (AvgIpc) is 3.20. The third-order valence-corrected chi connectivity index (χ3v) is 6.08. The molecule has 0 aromatic heterocycles.